The number of alkyl halides is 2. The van der Waals surface area contributed by atoms with Gasteiger partial charge in [-0.2, -0.15) is 37.2 Å². The lowest BCUT2D eigenvalue weighted by Crippen LogP contribution is -2.32. The van der Waals surface area contributed by atoms with Gasteiger partial charge in [0.1, 0.15) is 11.6 Å². The van der Waals surface area contributed by atoms with E-state index in [4.69, 9.17) is 11.6 Å². The van der Waals surface area contributed by atoms with Crippen molar-refractivity contribution in [1.29, 1.82) is 0 Å². The lowest BCUT2D eigenvalue weighted by molar-refractivity contribution is -0.0613. The second-order valence-corrected chi connectivity index (χ2v) is 8.90. The molecule has 6 rings (SSSR count). The van der Waals surface area contributed by atoms with Crippen LogP contribution in [0.15, 0.2) is 49.2 Å². The van der Waals surface area contributed by atoms with Crippen LogP contribution in [0, 0.1) is 5.82 Å². The molecule has 0 radical (unpaired) electrons. The third-order valence-corrected chi connectivity index (χ3v) is 6.38. The van der Waals surface area contributed by atoms with Gasteiger partial charge in [-0.25, -0.2) is 9.37 Å². The van der Waals surface area contributed by atoms with Crippen molar-refractivity contribution in [2.45, 2.75) is 25.6 Å². The second kappa shape index (κ2) is 8.95. The molecule has 6 heterocycles. The zero-order valence-corrected chi connectivity index (χ0v) is 21.2. The van der Waals surface area contributed by atoms with E-state index >= 15 is 8.78 Å². The molecule has 10 nitrogen and oxygen atoms in total. The van der Waals surface area contributed by atoms with E-state index in [9.17, 15) is 4.39 Å². The highest BCUT2D eigenvalue weighted by molar-refractivity contribution is 7.59. The number of nitrogens with zero attached hydrogens (tertiary/aromatic N) is 9. The number of aryl methyl sites for hydroxylation is 1. The molecule has 0 bridgehead atoms. The van der Waals surface area contributed by atoms with E-state index in [1.54, 1.807) is 37.1 Å². The highest BCUT2D eigenvalue weighted by Crippen LogP contribution is 2.40. The van der Waals surface area contributed by atoms with Gasteiger partial charge in [0.15, 0.2) is 11.6 Å². The monoisotopic (exact) mass is 548 g/mol. The number of nitrogens with one attached hydrogen (secondary N) is 1. The van der Waals surface area contributed by atoms with E-state index in [1.165, 1.54) is 4.57 Å². The number of pyridine rings is 1. The molecule has 1 aliphatic rings. The van der Waals surface area contributed by atoms with Gasteiger partial charge in [0.05, 0.1) is 35.3 Å². The molecule has 0 aromatic carbocycles. The molecule has 0 amide bonds. The van der Waals surface area contributed by atoms with Gasteiger partial charge in [-0.1, -0.05) is 11.6 Å². The fraction of sp³-hybridized carbons (Fsp3) is 0.227. The lowest BCUT2D eigenvalue weighted by Gasteiger charge is -2.27. The normalized spacial score (nSPS) is 14.7. The number of hydrogen-bond donors (Lipinski definition) is 1. The van der Waals surface area contributed by atoms with Crippen molar-refractivity contribution in [3.8, 4) is 22.6 Å². The Morgan fingerprint density at radius 2 is 1.95 bits per heavy atom. The van der Waals surface area contributed by atoms with Crippen LogP contribution in [0.3, 0.4) is 0 Å². The van der Waals surface area contributed by atoms with E-state index in [0.717, 1.165) is 17.6 Å². The molecule has 0 unspecified atom stereocenters. The molecule has 1 atom stereocenters. The minimum atomic E-state index is -3.69. The van der Waals surface area contributed by atoms with Gasteiger partial charge in [0.2, 0.25) is 5.82 Å². The van der Waals surface area contributed by atoms with E-state index in [0.29, 0.717) is 34.8 Å². The molecule has 1 N–H and O–H groups in total. The van der Waals surface area contributed by atoms with Crippen LogP contribution >= 0.6 is 25.1 Å². The van der Waals surface area contributed by atoms with Gasteiger partial charge in [-0.3, -0.25) is 9.25 Å². The Balaban J connectivity index is 0.00000280. The quantitative estimate of drug-likeness (QED) is 0.346. The first-order chi connectivity index (χ1) is 17.2. The summed E-state index contributed by atoms with van der Waals surface area (Å²) in [4.78, 5) is 4.34. The zero-order chi connectivity index (χ0) is 25.2. The molecule has 0 fully saturated rings. The molecule has 0 spiro atoms. The number of anilines is 2. The minimum absolute atomic E-state index is 0. The number of hydrogen-bond acceptors (Lipinski definition) is 6. The third kappa shape index (κ3) is 4.05. The van der Waals surface area contributed by atoms with Gasteiger partial charge in [-0.15, -0.1) is 10.2 Å². The standard InChI is InChI=1S/C22H18ClF3N10.H2S/c1-12-9-34-10-13(15-6-18(27-8-16(15)23)30-19-3-4-28-33(19)2)5-17(34)20-31-32-21(36(12)20)22(25,26)35-11-14(24)7-29-35;/h3-8,10-12H,9H2,1-2H3,(H,27,30);1H2/t12-;/m0./s1. The fourth-order valence-electron chi connectivity index (χ4n) is 4.36. The van der Waals surface area contributed by atoms with Gasteiger partial charge in [0, 0.05) is 43.2 Å². The first kappa shape index (κ1) is 24.9. The number of rotatable bonds is 5. The fourth-order valence-corrected chi connectivity index (χ4v) is 4.58. The maximum Gasteiger partial charge on any atom is 0.404 e. The maximum absolute atomic E-state index is 15.2. The predicted octanol–water partition coefficient (Wildman–Crippen LogP) is 4.56. The molecular weight excluding hydrogens is 529 g/mol. The Labute approximate surface area is 220 Å². The van der Waals surface area contributed by atoms with E-state index in [-0.39, 0.29) is 24.0 Å². The number of aromatic nitrogens is 9. The summed E-state index contributed by atoms with van der Waals surface area (Å²) in [6.45, 7) is 2.17. The summed E-state index contributed by atoms with van der Waals surface area (Å²) < 4.78 is 49.0. The number of halogens is 4. The predicted molar refractivity (Wildman–Crippen MR) is 135 cm³/mol. The molecule has 5 aromatic rings. The molecule has 0 saturated heterocycles. The van der Waals surface area contributed by atoms with Crippen LogP contribution < -0.4 is 5.32 Å². The van der Waals surface area contributed by atoms with E-state index in [2.05, 4.69) is 30.7 Å². The SMILES string of the molecule is C[C@H]1Cn2cc(-c3cc(Nc4ccnn4C)ncc3Cl)cc2-c2nnc(C(F)(F)n3cc(F)cn3)n21.S. The average Bonchev–Trinajstić information content (AvgIpc) is 3.62. The molecule has 37 heavy (non-hydrogen) atoms. The first-order valence-electron chi connectivity index (χ1n) is 10.9. The van der Waals surface area contributed by atoms with E-state index in [1.807, 2.05) is 22.9 Å². The Kier molecular flexibility index (Phi) is 6.02. The molecule has 0 aliphatic carbocycles. The van der Waals surface area contributed by atoms with Crippen molar-refractivity contribution in [1.82, 2.24) is 43.9 Å². The van der Waals surface area contributed by atoms with Crippen molar-refractivity contribution in [2.24, 2.45) is 7.05 Å². The zero-order valence-electron chi connectivity index (χ0n) is 19.4. The summed E-state index contributed by atoms with van der Waals surface area (Å²) in [5, 5.41) is 19.0. The largest absolute Gasteiger partial charge is 0.404 e. The maximum atomic E-state index is 15.2. The van der Waals surface area contributed by atoms with Crippen LogP contribution in [-0.2, 0) is 19.6 Å². The van der Waals surface area contributed by atoms with Crippen molar-refractivity contribution < 1.29 is 13.2 Å². The van der Waals surface area contributed by atoms with Crippen LogP contribution in [0.25, 0.3) is 22.6 Å². The van der Waals surface area contributed by atoms with Crippen molar-refractivity contribution in [3.05, 3.63) is 65.8 Å². The van der Waals surface area contributed by atoms with Crippen LogP contribution in [0.1, 0.15) is 18.8 Å². The first-order valence-corrected chi connectivity index (χ1v) is 11.3. The van der Waals surface area contributed by atoms with E-state index < -0.39 is 23.7 Å². The summed E-state index contributed by atoms with van der Waals surface area (Å²) >= 11 is 6.48. The molecular formula is C22H20ClF3N10S. The molecule has 0 saturated carbocycles. The summed E-state index contributed by atoms with van der Waals surface area (Å²) in [5.74, 6) is 0.0880. The van der Waals surface area contributed by atoms with Crippen LogP contribution in [0.2, 0.25) is 5.02 Å². The summed E-state index contributed by atoms with van der Waals surface area (Å²) in [6.07, 6.45) is 6.44. The average molecular weight is 549 g/mol. The third-order valence-electron chi connectivity index (χ3n) is 6.07. The van der Waals surface area contributed by atoms with Crippen molar-refractivity contribution >= 4 is 36.7 Å². The van der Waals surface area contributed by atoms with Crippen molar-refractivity contribution in [2.75, 3.05) is 5.32 Å². The molecule has 5 aromatic heterocycles. The second-order valence-electron chi connectivity index (χ2n) is 8.49. The Morgan fingerprint density at radius 3 is 2.65 bits per heavy atom. The molecule has 192 valence electrons. The topological polar surface area (TPSA) is 96.2 Å². The minimum Gasteiger partial charge on any atom is -0.342 e. The smallest absolute Gasteiger partial charge is 0.342 e. The number of fused-ring (bicyclic) bond motifs is 3. The summed E-state index contributed by atoms with van der Waals surface area (Å²) in [7, 11) is 1.80. The van der Waals surface area contributed by atoms with Gasteiger partial charge >= 0.3 is 6.05 Å². The Bertz CT molecular complexity index is 1600. The Hall–Kier alpha value is -3.78. The van der Waals surface area contributed by atoms with Gasteiger partial charge < -0.3 is 9.88 Å². The molecule has 15 heteroatoms. The van der Waals surface area contributed by atoms with Gasteiger partial charge in [0.25, 0.3) is 0 Å². The summed E-state index contributed by atoms with van der Waals surface area (Å²) in [5.41, 5.74) is 2.06. The van der Waals surface area contributed by atoms with Crippen LogP contribution in [0.5, 0.6) is 0 Å². The van der Waals surface area contributed by atoms with Crippen LogP contribution in [-0.4, -0.2) is 43.9 Å². The van der Waals surface area contributed by atoms with Gasteiger partial charge in [-0.05, 0) is 19.1 Å². The van der Waals surface area contributed by atoms with Crippen molar-refractivity contribution in [3.63, 3.8) is 0 Å². The highest BCUT2D eigenvalue weighted by atomic mass is 35.5. The summed E-state index contributed by atoms with van der Waals surface area (Å²) in [6, 6.07) is 1.33. The van der Waals surface area contributed by atoms with Crippen LogP contribution in [0.4, 0.5) is 24.8 Å². The Morgan fingerprint density at radius 1 is 1.14 bits per heavy atom. The lowest BCUT2D eigenvalue weighted by atomic mass is 10.1. The highest BCUT2D eigenvalue weighted by Gasteiger charge is 2.44. The molecule has 1 aliphatic heterocycles.